The van der Waals surface area contributed by atoms with E-state index in [4.69, 9.17) is 4.52 Å². The van der Waals surface area contributed by atoms with Gasteiger partial charge < -0.3 is 9.63 Å². The molecule has 0 aromatic carbocycles. The van der Waals surface area contributed by atoms with E-state index in [2.05, 4.69) is 24.0 Å². The lowest BCUT2D eigenvalue weighted by Crippen LogP contribution is -2.22. The maximum absolute atomic E-state index is 9.56. The van der Waals surface area contributed by atoms with E-state index in [0.717, 1.165) is 37.4 Å². The lowest BCUT2D eigenvalue weighted by molar-refractivity contribution is 0.0934. The number of rotatable bonds is 3. The van der Waals surface area contributed by atoms with Crippen LogP contribution in [0, 0.1) is 5.92 Å². The molecule has 1 saturated carbocycles. The molecular formula is C13H22N2O2. The number of aromatic nitrogens is 2. The van der Waals surface area contributed by atoms with Gasteiger partial charge in [-0.3, -0.25) is 0 Å². The first-order valence-electron chi connectivity index (χ1n) is 6.59. The zero-order valence-electron chi connectivity index (χ0n) is 10.9. The van der Waals surface area contributed by atoms with Crippen LogP contribution in [0.3, 0.4) is 0 Å². The molecule has 96 valence electrons. The van der Waals surface area contributed by atoms with Gasteiger partial charge >= 0.3 is 0 Å². The second kappa shape index (κ2) is 5.17. The van der Waals surface area contributed by atoms with Crippen molar-refractivity contribution in [3.05, 3.63) is 11.7 Å². The van der Waals surface area contributed by atoms with E-state index in [1.54, 1.807) is 0 Å². The minimum atomic E-state index is -0.190. The lowest BCUT2D eigenvalue weighted by atomic mass is 9.80. The van der Waals surface area contributed by atoms with Gasteiger partial charge in [0.05, 0.1) is 6.10 Å². The van der Waals surface area contributed by atoms with Crippen molar-refractivity contribution in [1.82, 2.24) is 10.1 Å². The summed E-state index contributed by atoms with van der Waals surface area (Å²) in [6.07, 6.45) is 4.03. The summed E-state index contributed by atoms with van der Waals surface area (Å²) >= 11 is 0. The molecule has 1 aliphatic rings. The molecule has 17 heavy (non-hydrogen) atoms. The SMILES string of the molecule is CC(C)c1noc(C2CCC(C(C)O)CC2)n1. The van der Waals surface area contributed by atoms with Crippen molar-refractivity contribution in [3.8, 4) is 0 Å². The number of hydrogen-bond acceptors (Lipinski definition) is 4. The third-order valence-corrected chi connectivity index (χ3v) is 3.78. The van der Waals surface area contributed by atoms with Gasteiger partial charge in [0.2, 0.25) is 5.89 Å². The molecule has 1 unspecified atom stereocenters. The Labute approximate surface area is 102 Å². The first kappa shape index (κ1) is 12.6. The van der Waals surface area contributed by atoms with Crippen molar-refractivity contribution in [2.24, 2.45) is 5.92 Å². The average molecular weight is 238 g/mol. The number of aliphatic hydroxyl groups is 1. The Balaban J connectivity index is 1.96. The third kappa shape index (κ3) is 2.86. The zero-order valence-corrected chi connectivity index (χ0v) is 10.9. The van der Waals surface area contributed by atoms with Gasteiger partial charge in [-0.05, 0) is 38.5 Å². The number of aliphatic hydroxyl groups excluding tert-OH is 1. The summed E-state index contributed by atoms with van der Waals surface area (Å²) in [5.41, 5.74) is 0. The number of hydrogen-bond donors (Lipinski definition) is 1. The third-order valence-electron chi connectivity index (χ3n) is 3.78. The molecule has 4 heteroatoms. The van der Waals surface area contributed by atoms with Crippen LogP contribution in [-0.2, 0) is 0 Å². The van der Waals surface area contributed by atoms with Crippen molar-refractivity contribution in [2.45, 2.75) is 64.4 Å². The summed E-state index contributed by atoms with van der Waals surface area (Å²) in [6, 6.07) is 0. The molecule has 0 spiro atoms. The van der Waals surface area contributed by atoms with Crippen LogP contribution in [0.5, 0.6) is 0 Å². The van der Waals surface area contributed by atoms with Crippen LogP contribution in [-0.4, -0.2) is 21.4 Å². The fraction of sp³-hybridized carbons (Fsp3) is 0.846. The Bertz CT molecular complexity index is 352. The first-order valence-corrected chi connectivity index (χ1v) is 6.59. The smallest absolute Gasteiger partial charge is 0.229 e. The first-order chi connectivity index (χ1) is 8.08. The quantitative estimate of drug-likeness (QED) is 0.879. The second-order valence-electron chi connectivity index (χ2n) is 5.50. The zero-order chi connectivity index (χ0) is 12.4. The van der Waals surface area contributed by atoms with E-state index in [1.165, 1.54) is 0 Å². The van der Waals surface area contributed by atoms with Crippen LogP contribution < -0.4 is 0 Å². The topological polar surface area (TPSA) is 59.2 Å². The van der Waals surface area contributed by atoms with E-state index >= 15 is 0 Å². The summed E-state index contributed by atoms with van der Waals surface area (Å²) in [5.74, 6) is 2.75. The van der Waals surface area contributed by atoms with Crippen molar-refractivity contribution < 1.29 is 9.63 Å². The molecule has 0 amide bonds. The van der Waals surface area contributed by atoms with Crippen LogP contribution in [0.25, 0.3) is 0 Å². The van der Waals surface area contributed by atoms with Gasteiger partial charge in [0.25, 0.3) is 0 Å². The predicted molar refractivity (Wildman–Crippen MR) is 64.8 cm³/mol. The lowest BCUT2D eigenvalue weighted by Gasteiger charge is -2.28. The van der Waals surface area contributed by atoms with Crippen LogP contribution in [0.1, 0.15) is 70.0 Å². The fourth-order valence-electron chi connectivity index (χ4n) is 2.50. The van der Waals surface area contributed by atoms with E-state index in [9.17, 15) is 5.11 Å². The minimum absolute atomic E-state index is 0.190. The molecular weight excluding hydrogens is 216 g/mol. The Morgan fingerprint density at radius 3 is 2.29 bits per heavy atom. The maximum Gasteiger partial charge on any atom is 0.229 e. The van der Waals surface area contributed by atoms with Gasteiger partial charge in [-0.25, -0.2) is 0 Å². The molecule has 1 fully saturated rings. The van der Waals surface area contributed by atoms with Gasteiger partial charge in [-0.1, -0.05) is 19.0 Å². The van der Waals surface area contributed by atoms with Gasteiger partial charge in [-0.2, -0.15) is 4.98 Å². The minimum Gasteiger partial charge on any atom is -0.393 e. The Kier molecular flexibility index (Phi) is 3.82. The van der Waals surface area contributed by atoms with Crippen LogP contribution >= 0.6 is 0 Å². The number of nitrogens with zero attached hydrogens (tertiary/aromatic N) is 2. The van der Waals surface area contributed by atoms with Gasteiger partial charge in [-0.15, -0.1) is 0 Å². The summed E-state index contributed by atoms with van der Waals surface area (Å²) in [4.78, 5) is 4.46. The van der Waals surface area contributed by atoms with E-state index < -0.39 is 0 Å². The van der Waals surface area contributed by atoms with Crippen molar-refractivity contribution >= 4 is 0 Å². The predicted octanol–water partition coefficient (Wildman–Crippen LogP) is 2.85. The molecule has 1 aromatic rings. The average Bonchev–Trinajstić information content (AvgIpc) is 2.78. The molecule has 0 bridgehead atoms. The van der Waals surface area contributed by atoms with Crippen molar-refractivity contribution in [2.75, 3.05) is 0 Å². The fourth-order valence-corrected chi connectivity index (χ4v) is 2.50. The summed E-state index contributed by atoms with van der Waals surface area (Å²) < 4.78 is 5.34. The Morgan fingerprint density at radius 1 is 1.18 bits per heavy atom. The highest BCUT2D eigenvalue weighted by Crippen LogP contribution is 2.36. The van der Waals surface area contributed by atoms with Gasteiger partial charge in [0.1, 0.15) is 0 Å². The molecule has 1 heterocycles. The molecule has 1 aliphatic carbocycles. The summed E-state index contributed by atoms with van der Waals surface area (Å²) in [5, 5.41) is 13.6. The van der Waals surface area contributed by atoms with E-state index in [-0.39, 0.29) is 6.10 Å². The molecule has 2 rings (SSSR count). The molecule has 4 nitrogen and oxygen atoms in total. The molecule has 0 saturated heterocycles. The molecule has 0 aliphatic heterocycles. The highest BCUT2D eigenvalue weighted by Gasteiger charge is 2.28. The maximum atomic E-state index is 9.56. The van der Waals surface area contributed by atoms with Crippen molar-refractivity contribution in [1.29, 1.82) is 0 Å². The molecule has 1 N–H and O–H groups in total. The van der Waals surface area contributed by atoms with Gasteiger partial charge in [0, 0.05) is 11.8 Å². The Hall–Kier alpha value is -0.900. The van der Waals surface area contributed by atoms with Gasteiger partial charge in [0.15, 0.2) is 5.82 Å². The summed E-state index contributed by atoms with van der Waals surface area (Å²) in [6.45, 7) is 6.02. The van der Waals surface area contributed by atoms with Crippen LogP contribution in [0.4, 0.5) is 0 Å². The molecule has 0 radical (unpaired) electrons. The normalized spacial score (nSPS) is 27.4. The highest BCUT2D eigenvalue weighted by molar-refractivity contribution is 4.98. The molecule has 1 atom stereocenters. The second-order valence-corrected chi connectivity index (χ2v) is 5.50. The van der Waals surface area contributed by atoms with E-state index in [0.29, 0.717) is 17.8 Å². The Morgan fingerprint density at radius 2 is 1.82 bits per heavy atom. The standard InChI is InChI=1S/C13H22N2O2/c1-8(2)12-14-13(17-15-12)11-6-4-10(5-7-11)9(3)16/h8-11,16H,4-7H2,1-3H3. The van der Waals surface area contributed by atoms with E-state index in [1.807, 2.05) is 6.92 Å². The highest BCUT2D eigenvalue weighted by atomic mass is 16.5. The van der Waals surface area contributed by atoms with Crippen LogP contribution in [0.15, 0.2) is 4.52 Å². The largest absolute Gasteiger partial charge is 0.393 e. The summed E-state index contributed by atoms with van der Waals surface area (Å²) in [7, 11) is 0. The van der Waals surface area contributed by atoms with Crippen molar-refractivity contribution in [3.63, 3.8) is 0 Å². The monoisotopic (exact) mass is 238 g/mol. The molecule has 1 aromatic heterocycles. The van der Waals surface area contributed by atoms with Crippen LogP contribution in [0.2, 0.25) is 0 Å².